The highest BCUT2D eigenvalue weighted by Gasteiger charge is 2.33. The van der Waals surface area contributed by atoms with Crippen LogP contribution in [0.2, 0.25) is 15.1 Å². The smallest absolute Gasteiger partial charge is 0.264 e. The second kappa shape index (κ2) is 13.9. The van der Waals surface area contributed by atoms with Crippen molar-refractivity contribution in [3.63, 3.8) is 0 Å². The molecule has 0 aliphatic heterocycles. The zero-order valence-electron chi connectivity index (χ0n) is 23.6. The van der Waals surface area contributed by atoms with Gasteiger partial charge in [0.1, 0.15) is 12.6 Å². The molecule has 3 rings (SSSR count). The van der Waals surface area contributed by atoms with Crippen LogP contribution in [0.4, 0.5) is 5.69 Å². The minimum absolute atomic E-state index is 0.0186. The number of halogens is 3. The fourth-order valence-electron chi connectivity index (χ4n) is 4.10. The van der Waals surface area contributed by atoms with Crippen LogP contribution in [0.5, 0.6) is 0 Å². The zero-order valence-corrected chi connectivity index (χ0v) is 26.7. The molecule has 0 saturated carbocycles. The third-order valence-corrected chi connectivity index (χ3v) is 9.69. The molecule has 0 saturated heterocycles. The summed E-state index contributed by atoms with van der Waals surface area (Å²) in [6.07, 6.45) is 0.700. The van der Waals surface area contributed by atoms with Crippen LogP contribution < -0.4 is 9.62 Å². The number of aryl methyl sites for hydroxylation is 1. The standard InChI is InChI=1S/C30H34Cl3N3O4S/c1-6-20(3)34-30(38)22(5)35(17-23-12-13-24(31)16-27(23)33)29(37)18-36(28-9-7-8-26(32)21(28)4)41(39,40)25-14-10-19(2)11-15-25/h7-16,20,22H,6,17-18H2,1-5H3,(H,34,38)/t20-,22-/m1/s1. The lowest BCUT2D eigenvalue weighted by atomic mass is 10.1. The van der Waals surface area contributed by atoms with Gasteiger partial charge in [-0.1, -0.05) is 71.6 Å². The van der Waals surface area contributed by atoms with Crippen molar-refractivity contribution >= 4 is 62.3 Å². The topological polar surface area (TPSA) is 86.8 Å². The van der Waals surface area contributed by atoms with Crippen LogP contribution >= 0.6 is 34.8 Å². The number of anilines is 1. The normalized spacial score (nSPS) is 12.9. The largest absolute Gasteiger partial charge is 0.352 e. The van der Waals surface area contributed by atoms with Gasteiger partial charge in [-0.3, -0.25) is 13.9 Å². The van der Waals surface area contributed by atoms with Gasteiger partial charge >= 0.3 is 0 Å². The average Bonchev–Trinajstić information content (AvgIpc) is 2.92. The molecule has 0 aromatic heterocycles. The number of amides is 2. The molecule has 0 unspecified atom stereocenters. The molecule has 220 valence electrons. The predicted octanol–water partition coefficient (Wildman–Crippen LogP) is 6.79. The molecule has 3 aromatic rings. The van der Waals surface area contributed by atoms with Crippen LogP contribution in [0.25, 0.3) is 0 Å². The molecule has 0 heterocycles. The van der Waals surface area contributed by atoms with E-state index in [1.165, 1.54) is 17.0 Å². The number of hydrogen-bond donors (Lipinski definition) is 1. The highest BCUT2D eigenvalue weighted by Crippen LogP contribution is 2.31. The molecule has 0 radical (unpaired) electrons. The van der Waals surface area contributed by atoms with Crippen LogP contribution in [0.1, 0.15) is 43.9 Å². The molecule has 0 bridgehead atoms. The number of carbonyl (C=O) groups excluding carboxylic acids is 2. The summed E-state index contributed by atoms with van der Waals surface area (Å²) in [5.74, 6) is -0.970. The number of hydrogen-bond acceptors (Lipinski definition) is 4. The minimum Gasteiger partial charge on any atom is -0.352 e. The number of sulfonamides is 1. The number of nitrogens with one attached hydrogen (secondary N) is 1. The summed E-state index contributed by atoms with van der Waals surface area (Å²) in [6, 6.07) is 15.0. The van der Waals surface area contributed by atoms with Crippen molar-refractivity contribution in [2.45, 2.75) is 64.6 Å². The second-order valence-corrected chi connectivity index (χ2v) is 13.1. The third-order valence-electron chi connectivity index (χ3n) is 6.92. The Balaban J connectivity index is 2.09. The summed E-state index contributed by atoms with van der Waals surface area (Å²) in [7, 11) is -4.21. The fraction of sp³-hybridized carbons (Fsp3) is 0.333. The lowest BCUT2D eigenvalue weighted by Crippen LogP contribution is -2.52. The predicted molar refractivity (Wildman–Crippen MR) is 166 cm³/mol. The molecular formula is C30H34Cl3N3O4S. The van der Waals surface area contributed by atoms with Gasteiger partial charge < -0.3 is 10.2 Å². The van der Waals surface area contributed by atoms with E-state index in [9.17, 15) is 18.0 Å². The SMILES string of the molecule is CC[C@@H](C)NC(=O)[C@@H](C)N(Cc1ccc(Cl)cc1Cl)C(=O)CN(c1cccc(Cl)c1C)S(=O)(=O)c1ccc(C)cc1. The Morgan fingerprint density at radius 2 is 1.59 bits per heavy atom. The first-order valence-corrected chi connectivity index (χ1v) is 15.7. The number of nitrogens with zero attached hydrogens (tertiary/aromatic N) is 2. The van der Waals surface area contributed by atoms with Gasteiger partial charge in [0.2, 0.25) is 11.8 Å². The first kappa shape index (κ1) is 32.7. The molecule has 7 nitrogen and oxygen atoms in total. The molecule has 0 spiro atoms. The maximum absolute atomic E-state index is 14.1. The molecule has 2 amide bonds. The molecule has 2 atom stereocenters. The van der Waals surface area contributed by atoms with Crippen LogP contribution in [0.15, 0.2) is 65.6 Å². The average molecular weight is 639 g/mol. The van der Waals surface area contributed by atoms with Gasteiger partial charge in [-0.15, -0.1) is 0 Å². The van der Waals surface area contributed by atoms with Gasteiger partial charge in [0, 0.05) is 27.7 Å². The summed E-state index contributed by atoms with van der Waals surface area (Å²) >= 11 is 18.9. The second-order valence-electron chi connectivity index (χ2n) is 9.96. The van der Waals surface area contributed by atoms with Crippen LogP contribution in [0, 0.1) is 13.8 Å². The minimum atomic E-state index is -4.21. The van der Waals surface area contributed by atoms with Crippen LogP contribution in [-0.2, 0) is 26.2 Å². The van der Waals surface area contributed by atoms with Crippen LogP contribution in [-0.4, -0.2) is 43.8 Å². The molecule has 0 aliphatic carbocycles. The van der Waals surface area contributed by atoms with Gasteiger partial charge in [-0.2, -0.15) is 0 Å². The summed E-state index contributed by atoms with van der Waals surface area (Å²) in [4.78, 5) is 28.6. The van der Waals surface area contributed by atoms with E-state index in [1.807, 2.05) is 20.8 Å². The summed E-state index contributed by atoms with van der Waals surface area (Å²) in [5.41, 5.74) is 2.19. The Morgan fingerprint density at radius 3 is 2.20 bits per heavy atom. The van der Waals surface area contributed by atoms with E-state index in [1.54, 1.807) is 62.4 Å². The first-order chi connectivity index (χ1) is 19.3. The Kier molecular flexibility index (Phi) is 11.1. The summed E-state index contributed by atoms with van der Waals surface area (Å²) in [5, 5.41) is 3.99. The van der Waals surface area contributed by atoms with E-state index in [4.69, 9.17) is 34.8 Å². The molecule has 11 heteroatoms. The van der Waals surface area contributed by atoms with Crippen molar-refractivity contribution in [1.29, 1.82) is 0 Å². The van der Waals surface area contributed by atoms with E-state index >= 15 is 0 Å². The quantitative estimate of drug-likeness (QED) is 0.251. The van der Waals surface area contributed by atoms with E-state index in [-0.39, 0.29) is 29.1 Å². The lowest BCUT2D eigenvalue weighted by molar-refractivity contribution is -0.139. The maximum Gasteiger partial charge on any atom is 0.264 e. The van der Waals surface area contributed by atoms with Crippen molar-refractivity contribution < 1.29 is 18.0 Å². The highest BCUT2D eigenvalue weighted by molar-refractivity contribution is 7.92. The van der Waals surface area contributed by atoms with Crippen LogP contribution in [0.3, 0.4) is 0 Å². The van der Waals surface area contributed by atoms with Gasteiger partial charge in [0.05, 0.1) is 10.6 Å². The Labute approximate surface area is 257 Å². The zero-order chi connectivity index (χ0) is 30.5. The van der Waals surface area contributed by atoms with Crippen molar-refractivity contribution in [3.8, 4) is 0 Å². The number of benzene rings is 3. The molecule has 0 aliphatic rings. The van der Waals surface area contributed by atoms with E-state index in [0.717, 1.165) is 9.87 Å². The molecule has 41 heavy (non-hydrogen) atoms. The highest BCUT2D eigenvalue weighted by atomic mass is 35.5. The number of rotatable bonds is 11. The van der Waals surface area contributed by atoms with Crippen molar-refractivity contribution in [2.75, 3.05) is 10.8 Å². The van der Waals surface area contributed by atoms with Crippen molar-refractivity contribution in [3.05, 3.63) is 92.4 Å². The van der Waals surface area contributed by atoms with E-state index in [0.29, 0.717) is 32.6 Å². The summed E-state index contributed by atoms with van der Waals surface area (Å²) in [6.45, 7) is 8.32. The molecule has 1 N–H and O–H groups in total. The van der Waals surface area contributed by atoms with Gasteiger partial charge in [-0.05, 0) is 81.6 Å². The van der Waals surface area contributed by atoms with Gasteiger partial charge in [0.25, 0.3) is 10.0 Å². The van der Waals surface area contributed by atoms with Gasteiger partial charge in [-0.25, -0.2) is 8.42 Å². The van der Waals surface area contributed by atoms with Crippen molar-refractivity contribution in [2.24, 2.45) is 0 Å². The maximum atomic E-state index is 14.1. The third kappa shape index (κ3) is 7.95. The molecule has 3 aromatic carbocycles. The Hall–Kier alpha value is -2.78. The first-order valence-electron chi connectivity index (χ1n) is 13.1. The lowest BCUT2D eigenvalue weighted by Gasteiger charge is -2.33. The summed E-state index contributed by atoms with van der Waals surface area (Å²) < 4.78 is 29.0. The van der Waals surface area contributed by atoms with E-state index < -0.39 is 28.5 Å². The Morgan fingerprint density at radius 1 is 0.927 bits per heavy atom. The van der Waals surface area contributed by atoms with Crippen molar-refractivity contribution in [1.82, 2.24) is 10.2 Å². The molecule has 0 fully saturated rings. The van der Waals surface area contributed by atoms with Gasteiger partial charge in [0.15, 0.2) is 0 Å². The fourth-order valence-corrected chi connectivity index (χ4v) is 6.21. The van der Waals surface area contributed by atoms with E-state index in [2.05, 4.69) is 5.32 Å². The molecular weight excluding hydrogens is 605 g/mol. The Bertz CT molecular complexity index is 1510. The number of carbonyl (C=O) groups is 2. The monoisotopic (exact) mass is 637 g/mol.